The van der Waals surface area contributed by atoms with Gasteiger partial charge in [-0.1, -0.05) is 38.5 Å². The number of nitrogens with one attached hydrogen (secondary N) is 2. The van der Waals surface area contributed by atoms with Crippen molar-refractivity contribution in [2.24, 2.45) is 5.41 Å². The molecule has 0 unspecified atom stereocenters. The van der Waals surface area contributed by atoms with Gasteiger partial charge in [0.1, 0.15) is 5.75 Å². The summed E-state index contributed by atoms with van der Waals surface area (Å²) >= 11 is 0. The molecule has 0 saturated carbocycles. The largest absolute Gasteiger partial charge is 0.496 e. The van der Waals surface area contributed by atoms with E-state index in [-0.39, 0.29) is 11.8 Å². The molecule has 0 fully saturated rings. The summed E-state index contributed by atoms with van der Waals surface area (Å²) in [5.74, 6) is 0.354. The standard InChI is InChI=1S/C22H26N2O3/c1-15-9-11-19(27-5)16(13-15)10-12-20(25)23-17-7-6-8-18(14-17)24-21(26)22(2,3)4/h6-14H,1-5H3,(H,23,25)(H,24,26)/b12-10+. The van der Waals surface area contributed by atoms with Crippen LogP contribution in [0.1, 0.15) is 31.9 Å². The van der Waals surface area contributed by atoms with Gasteiger partial charge in [0, 0.05) is 28.4 Å². The van der Waals surface area contributed by atoms with Gasteiger partial charge >= 0.3 is 0 Å². The summed E-state index contributed by atoms with van der Waals surface area (Å²) in [6, 6.07) is 12.8. The van der Waals surface area contributed by atoms with E-state index < -0.39 is 5.41 Å². The van der Waals surface area contributed by atoms with Gasteiger partial charge in [-0.15, -0.1) is 0 Å². The Kier molecular flexibility index (Phi) is 6.40. The van der Waals surface area contributed by atoms with Crippen molar-refractivity contribution in [3.8, 4) is 5.75 Å². The van der Waals surface area contributed by atoms with Crippen molar-refractivity contribution in [3.63, 3.8) is 0 Å². The Morgan fingerprint density at radius 1 is 1.00 bits per heavy atom. The number of carbonyl (C=O) groups excluding carboxylic acids is 2. The van der Waals surface area contributed by atoms with Gasteiger partial charge in [0.15, 0.2) is 0 Å². The van der Waals surface area contributed by atoms with Gasteiger partial charge in [-0.2, -0.15) is 0 Å². The lowest BCUT2D eigenvalue weighted by Crippen LogP contribution is -2.27. The van der Waals surface area contributed by atoms with Gasteiger partial charge in [-0.05, 0) is 43.3 Å². The molecular formula is C22H26N2O3. The lowest BCUT2D eigenvalue weighted by molar-refractivity contribution is -0.123. The van der Waals surface area contributed by atoms with E-state index in [2.05, 4.69) is 10.6 Å². The van der Waals surface area contributed by atoms with Crippen LogP contribution in [0.15, 0.2) is 48.5 Å². The van der Waals surface area contributed by atoms with Crippen LogP contribution in [0.4, 0.5) is 11.4 Å². The lowest BCUT2D eigenvalue weighted by Gasteiger charge is -2.18. The third kappa shape index (κ3) is 5.99. The average Bonchev–Trinajstić information content (AvgIpc) is 2.59. The van der Waals surface area contributed by atoms with E-state index in [0.29, 0.717) is 17.1 Å². The summed E-state index contributed by atoms with van der Waals surface area (Å²) in [6.07, 6.45) is 3.17. The lowest BCUT2D eigenvalue weighted by atomic mass is 9.95. The van der Waals surface area contributed by atoms with Crippen LogP contribution in [0, 0.1) is 12.3 Å². The minimum Gasteiger partial charge on any atom is -0.496 e. The Bertz CT molecular complexity index is 864. The van der Waals surface area contributed by atoms with Crippen LogP contribution in [-0.2, 0) is 9.59 Å². The zero-order valence-corrected chi connectivity index (χ0v) is 16.4. The average molecular weight is 366 g/mol. The molecule has 0 aromatic heterocycles. The van der Waals surface area contributed by atoms with Crippen LogP contribution in [-0.4, -0.2) is 18.9 Å². The Morgan fingerprint density at radius 2 is 1.67 bits per heavy atom. The fourth-order valence-corrected chi connectivity index (χ4v) is 2.33. The van der Waals surface area contributed by atoms with Crippen LogP contribution >= 0.6 is 0 Å². The number of anilines is 2. The first-order valence-corrected chi connectivity index (χ1v) is 8.74. The number of benzene rings is 2. The third-order valence-electron chi connectivity index (χ3n) is 3.87. The van der Waals surface area contributed by atoms with Crippen LogP contribution in [0.3, 0.4) is 0 Å². The van der Waals surface area contributed by atoms with E-state index in [0.717, 1.165) is 11.1 Å². The van der Waals surface area contributed by atoms with E-state index >= 15 is 0 Å². The number of rotatable bonds is 5. The fraction of sp³-hybridized carbons (Fsp3) is 0.273. The zero-order chi connectivity index (χ0) is 20.0. The molecule has 0 radical (unpaired) electrons. The van der Waals surface area contributed by atoms with Crippen molar-refractivity contribution in [1.82, 2.24) is 0 Å². The summed E-state index contributed by atoms with van der Waals surface area (Å²) in [7, 11) is 1.60. The van der Waals surface area contributed by atoms with E-state index in [1.807, 2.05) is 45.9 Å². The number of amides is 2. The van der Waals surface area contributed by atoms with Crippen molar-refractivity contribution in [2.45, 2.75) is 27.7 Å². The van der Waals surface area contributed by atoms with Gasteiger partial charge in [0.05, 0.1) is 7.11 Å². The topological polar surface area (TPSA) is 67.4 Å². The van der Waals surface area contributed by atoms with Crippen molar-refractivity contribution < 1.29 is 14.3 Å². The normalized spacial score (nSPS) is 11.3. The number of aryl methyl sites for hydroxylation is 1. The number of carbonyl (C=O) groups is 2. The van der Waals surface area contributed by atoms with Crippen molar-refractivity contribution in [1.29, 1.82) is 0 Å². The molecule has 5 heteroatoms. The highest BCUT2D eigenvalue weighted by atomic mass is 16.5. The summed E-state index contributed by atoms with van der Waals surface area (Å²) in [5, 5.41) is 5.65. The first kappa shape index (κ1) is 20.2. The Morgan fingerprint density at radius 3 is 2.30 bits per heavy atom. The minimum atomic E-state index is -0.491. The van der Waals surface area contributed by atoms with Gasteiger partial charge < -0.3 is 15.4 Å². The second kappa shape index (κ2) is 8.54. The molecule has 0 aliphatic heterocycles. The first-order valence-electron chi connectivity index (χ1n) is 8.74. The molecule has 2 amide bonds. The van der Waals surface area contributed by atoms with Gasteiger partial charge in [0.2, 0.25) is 11.8 Å². The number of methoxy groups -OCH3 is 1. The molecule has 0 atom stereocenters. The highest BCUT2D eigenvalue weighted by molar-refractivity contribution is 6.02. The van der Waals surface area contributed by atoms with Crippen LogP contribution in [0.5, 0.6) is 5.75 Å². The molecule has 142 valence electrons. The molecule has 2 aromatic rings. The second-order valence-electron chi connectivity index (χ2n) is 7.35. The van der Waals surface area contributed by atoms with Gasteiger partial charge in [-0.25, -0.2) is 0 Å². The van der Waals surface area contributed by atoms with Gasteiger partial charge in [-0.3, -0.25) is 9.59 Å². The highest BCUT2D eigenvalue weighted by Crippen LogP contribution is 2.22. The molecule has 2 rings (SSSR count). The fourth-order valence-electron chi connectivity index (χ4n) is 2.33. The summed E-state index contributed by atoms with van der Waals surface area (Å²) < 4.78 is 5.31. The monoisotopic (exact) mass is 366 g/mol. The van der Waals surface area contributed by atoms with Crippen LogP contribution < -0.4 is 15.4 Å². The molecule has 0 aliphatic rings. The molecule has 0 bridgehead atoms. The molecule has 2 aromatic carbocycles. The third-order valence-corrected chi connectivity index (χ3v) is 3.87. The quantitative estimate of drug-likeness (QED) is 0.758. The van der Waals surface area contributed by atoms with E-state index in [9.17, 15) is 9.59 Å². The first-order chi connectivity index (χ1) is 12.7. The predicted molar refractivity (Wildman–Crippen MR) is 110 cm³/mol. The predicted octanol–water partition coefficient (Wildman–Crippen LogP) is 4.64. The van der Waals surface area contributed by atoms with Crippen molar-refractivity contribution >= 4 is 29.3 Å². The molecular weight excluding hydrogens is 340 g/mol. The van der Waals surface area contributed by atoms with Crippen LogP contribution in [0.2, 0.25) is 0 Å². The Balaban J connectivity index is 2.07. The molecule has 0 saturated heterocycles. The molecule has 27 heavy (non-hydrogen) atoms. The van der Waals surface area contributed by atoms with Gasteiger partial charge in [0.25, 0.3) is 0 Å². The van der Waals surface area contributed by atoms with Crippen molar-refractivity contribution in [2.75, 3.05) is 17.7 Å². The molecule has 5 nitrogen and oxygen atoms in total. The number of ether oxygens (including phenoxy) is 1. The molecule has 0 heterocycles. The van der Waals surface area contributed by atoms with E-state index in [1.54, 1.807) is 37.5 Å². The Hall–Kier alpha value is -3.08. The SMILES string of the molecule is COc1ccc(C)cc1/C=C/C(=O)Nc1cccc(NC(=O)C(C)(C)C)c1. The smallest absolute Gasteiger partial charge is 0.248 e. The van der Waals surface area contributed by atoms with Crippen molar-refractivity contribution in [3.05, 3.63) is 59.7 Å². The van der Waals surface area contributed by atoms with E-state index in [4.69, 9.17) is 4.74 Å². The number of hydrogen-bond acceptors (Lipinski definition) is 3. The summed E-state index contributed by atoms with van der Waals surface area (Å²) in [6.45, 7) is 7.52. The maximum Gasteiger partial charge on any atom is 0.248 e. The molecule has 2 N–H and O–H groups in total. The minimum absolute atomic E-state index is 0.0857. The van der Waals surface area contributed by atoms with E-state index in [1.165, 1.54) is 6.08 Å². The highest BCUT2D eigenvalue weighted by Gasteiger charge is 2.21. The Labute approximate surface area is 160 Å². The molecule has 0 aliphatic carbocycles. The number of hydrogen-bond donors (Lipinski definition) is 2. The zero-order valence-electron chi connectivity index (χ0n) is 16.4. The maximum atomic E-state index is 12.2. The summed E-state index contributed by atoms with van der Waals surface area (Å²) in [4.78, 5) is 24.3. The summed E-state index contributed by atoms with van der Waals surface area (Å²) in [5.41, 5.74) is 2.66. The molecule has 0 spiro atoms. The second-order valence-corrected chi connectivity index (χ2v) is 7.35. The van der Waals surface area contributed by atoms with Crippen LogP contribution in [0.25, 0.3) is 6.08 Å². The maximum absolute atomic E-state index is 12.2.